The van der Waals surface area contributed by atoms with E-state index in [9.17, 15) is 4.79 Å². The molecule has 0 atom stereocenters. The quantitative estimate of drug-likeness (QED) is 0.594. The molecule has 1 heterocycles. The molecule has 0 radical (unpaired) electrons. The Labute approximate surface area is 152 Å². The van der Waals surface area contributed by atoms with E-state index in [0.29, 0.717) is 22.9 Å². The Bertz CT molecular complexity index is 951. The summed E-state index contributed by atoms with van der Waals surface area (Å²) in [4.78, 5) is 19.8. The molecule has 0 amide bonds. The minimum Gasteiger partial charge on any atom is -0.393 e. The Balaban J connectivity index is 1.83. The number of anilines is 5. The van der Waals surface area contributed by atoms with E-state index in [2.05, 4.69) is 33.6 Å². The number of benzene rings is 2. The maximum atomic E-state index is 11.4. The molecule has 0 aliphatic heterocycles. The van der Waals surface area contributed by atoms with E-state index in [4.69, 9.17) is 5.73 Å². The van der Waals surface area contributed by atoms with Crippen LogP contribution in [0.2, 0.25) is 0 Å². The molecule has 0 aliphatic rings. The van der Waals surface area contributed by atoms with Crippen molar-refractivity contribution >= 4 is 34.5 Å². The van der Waals surface area contributed by atoms with E-state index < -0.39 is 0 Å². The second-order valence-corrected chi connectivity index (χ2v) is 6.19. The Hall–Kier alpha value is -3.41. The van der Waals surface area contributed by atoms with E-state index >= 15 is 0 Å². The third-order valence-corrected chi connectivity index (χ3v) is 4.07. The second kappa shape index (κ2) is 7.23. The van der Waals surface area contributed by atoms with E-state index in [1.54, 1.807) is 12.1 Å². The summed E-state index contributed by atoms with van der Waals surface area (Å²) in [6.07, 6.45) is 1.45. The highest BCUT2D eigenvalue weighted by atomic mass is 16.1. The Kier molecular flexibility index (Phi) is 4.84. The van der Waals surface area contributed by atoms with Crippen LogP contribution in [0.25, 0.3) is 0 Å². The van der Waals surface area contributed by atoms with Gasteiger partial charge in [-0.15, -0.1) is 0 Å². The van der Waals surface area contributed by atoms with Crippen molar-refractivity contribution in [2.45, 2.75) is 20.8 Å². The zero-order chi connectivity index (χ0) is 18.7. The lowest BCUT2D eigenvalue weighted by molar-refractivity contribution is 0.101. The number of aromatic nitrogens is 2. The third-order valence-electron chi connectivity index (χ3n) is 4.07. The first kappa shape index (κ1) is 17.4. The number of hydrogen-bond donors (Lipinski definition) is 3. The highest BCUT2D eigenvalue weighted by molar-refractivity contribution is 5.94. The fraction of sp³-hybridized carbons (Fsp3) is 0.150. The Morgan fingerprint density at radius 1 is 0.962 bits per heavy atom. The van der Waals surface area contributed by atoms with Crippen LogP contribution in [0.1, 0.15) is 28.4 Å². The molecule has 0 unspecified atom stereocenters. The van der Waals surface area contributed by atoms with Gasteiger partial charge in [0.15, 0.2) is 17.4 Å². The number of ketones is 1. The fourth-order valence-electron chi connectivity index (χ4n) is 2.60. The molecule has 1 aromatic heterocycles. The van der Waals surface area contributed by atoms with E-state index in [1.807, 2.05) is 31.2 Å². The number of carbonyl (C=O) groups excluding carboxylic acids is 1. The van der Waals surface area contributed by atoms with Gasteiger partial charge in [0.25, 0.3) is 0 Å². The third kappa shape index (κ3) is 3.80. The van der Waals surface area contributed by atoms with Crippen LogP contribution in [0.15, 0.2) is 48.8 Å². The van der Waals surface area contributed by atoms with Crippen LogP contribution in [-0.4, -0.2) is 15.8 Å². The maximum Gasteiger partial charge on any atom is 0.159 e. The number of aryl methyl sites for hydroxylation is 2. The van der Waals surface area contributed by atoms with Gasteiger partial charge in [0.1, 0.15) is 12.0 Å². The molecule has 0 bridgehead atoms. The predicted molar refractivity (Wildman–Crippen MR) is 105 cm³/mol. The van der Waals surface area contributed by atoms with Gasteiger partial charge in [0.05, 0.1) is 0 Å². The molecular weight excluding hydrogens is 326 g/mol. The molecule has 0 spiro atoms. The highest BCUT2D eigenvalue weighted by Crippen LogP contribution is 2.29. The van der Waals surface area contributed by atoms with Crippen molar-refractivity contribution in [2.75, 3.05) is 16.4 Å². The van der Waals surface area contributed by atoms with Gasteiger partial charge in [-0.3, -0.25) is 4.79 Å². The topological polar surface area (TPSA) is 92.9 Å². The van der Waals surface area contributed by atoms with Gasteiger partial charge in [-0.05, 0) is 56.7 Å². The molecule has 0 fully saturated rings. The first-order valence-corrected chi connectivity index (χ1v) is 8.27. The lowest BCUT2D eigenvalue weighted by Crippen LogP contribution is -2.06. The zero-order valence-electron chi connectivity index (χ0n) is 15.0. The number of nitrogens with zero attached hydrogens (tertiary/aromatic N) is 2. The molecule has 6 nitrogen and oxygen atoms in total. The monoisotopic (exact) mass is 347 g/mol. The smallest absolute Gasteiger partial charge is 0.159 e. The number of carbonyl (C=O) groups is 1. The SMILES string of the molecule is CC(=O)c1ccc(Nc2ncnc(Nc3ccc(C)cc3C)c2N)cc1. The summed E-state index contributed by atoms with van der Waals surface area (Å²) in [6, 6.07) is 13.3. The summed E-state index contributed by atoms with van der Waals surface area (Å²) < 4.78 is 0. The van der Waals surface area contributed by atoms with Gasteiger partial charge >= 0.3 is 0 Å². The molecule has 4 N–H and O–H groups in total. The normalized spacial score (nSPS) is 10.4. The average molecular weight is 347 g/mol. The van der Waals surface area contributed by atoms with E-state index in [-0.39, 0.29) is 5.78 Å². The number of nitrogen functional groups attached to an aromatic ring is 1. The van der Waals surface area contributed by atoms with E-state index in [0.717, 1.165) is 16.9 Å². The van der Waals surface area contributed by atoms with Crippen molar-refractivity contribution in [3.05, 3.63) is 65.5 Å². The molecule has 6 heteroatoms. The zero-order valence-corrected chi connectivity index (χ0v) is 15.0. The van der Waals surface area contributed by atoms with Gasteiger partial charge in [0, 0.05) is 16.9 Å². The summed E-state index contributed by atoms with van der Waals surface area (Å²) in [5.74, 6) is 1.07. The summed E-state index contributed by atoms with van der Waals surface area (Å²) in [6.45, 7) is 5.62. The largest absolute Gasteiger partial charge is 0.393 e. The van der Waals surface area contributed by atoms with Crippen LogP contribution in [0, 0.1) is 13.8 Å². The van der Waals surface area contributed by atoms with Crippen molar-refractivity contribution in [1.82, 2.24) is 9.97 Å². The van der Waals surface area contributed by atoms with Crippen molar-refractivity contribution < 1.29 is 4.79 Å². The van der Waals surface area contributed by atoms with Gasteiger partial charge in [-0.2, -0.15) is 0 Å². The van der Waals surface area contributed by atoms with Crippen molar-refractivity contribution in [3.8, 4) is 0 Å². The number of nitrogens with two attached hydrogens (primary N) is 1. The number of rotatable bonds is 5. The summed E-state index contributed by atoms with van der Waals surface area (Å²) in [5.41, 5.74) is 11.3. The van der Waals surface area contributed by atoms with Gasteiger partial charge < -0.3 is 16.4 Å². The second-order valence-electron chi connectivity index (χ2n) is 6.19. The van der Waals surface area contributed by atoms with Gasteiger partial charge in [-0.25, -0.2) is 9.97 Å². The molecule has 26 heavy (non-hydrogen) atoms. The number of Topliss-reactive ketones (excluding diaryl/α,β-unsaturated/α-hetero) is 1. The Morgan fingerprint density at radius 2 is 1.62 bits per heavy atom. The molecule has 0 saturated heterocycles. The standard InChI is InChI=1S/C20H21N5O/c1-12-4-9-17(13(2)10-12)25-20-18(21)19(22-11-23-20)24-16-7-5-15(6-8-16)14(3)26/h4-11H,21H2,1-3H3,(H2,22,23,24,25). The Morgan fingerprint density at radius 3 is 2.23 bits per heavy atom. The van der Waals surface area contributed by atoms with Crippen LogP contribution in [0.3, 0.4) is 0 Å². The average Bonchev–Trinajstić information content (AvgIpc) is 2.61. The summed E-state index contributed by atoms with van der Waals surface area (Å²) in [7, 11) is 0. The fourth-order valence-corrected chi connectivity index (χ4v) is 2.60. The lowest BCUT2D eigenvalue weighted by Gasteiger charge is -2.14. The lowest BCUT2D eigenvalue weighted by atomic mass is 10.1. The molecule has 3 rings (SSSR count). The van der Waals surface area contributed by atoms with Crippen molar-refractivity contribution in [1.29, 1.82) is 0 Å². The number of hydrogen-bond acceptors (Lipinski definition) is 6. The molecular formula is C20H21N5O. The summed E-state index contributed by atoms with van der Waals surface area (Å²) >= 11 is 0. The predicted octanol–water partition coefficient (Wildman–Crippen LogP) is 4.37. The van der Waals surface area contributed by atoms with Crippen LogP contribution >= 0.6 is 0 Å². The highest BCUT2D eigenvalue weighted by Gasteiger charge is 2.10. The van der Waals surface area contributed by atoms with Crippen LogP contribution in [0.5, 0.6) is 0 Å². The van der Waals surface area contributed by atoms with Crippen LogP contribution < -0.4 is 16.4 Å². The molecule has 2 aromatic carbocycles. The van der Waals surface area contributed by atoms with Crippen LogP contribution in [-0.2, 0) is 0 Å². The van der Waals surface area contributed by atoms with E-state index in [1.165, 1.54) is 18.8 Å². The number of nitrogens with one attached hydrogen (secondary N) is 2. The van der Waals surface area contributed by atoms with Crippen molar-refractivity contribution in [3.63, 3.8) is 0 Å². The summed E-state index contributed by atoms with van der Waals surface area (Å²) in [5, 5.41) is 6.42. The molecule has 0 aliphatic carbocycles. The van der Waals surface area contributed by atoms with Crippen molar-refractivity contribution in [2.24, 2.45) is 0 Å². The molecule has 132 valence electrons. The first-order valence-electron chi connectivity index (χ1n) is 8.27. The van der Waals surface area contributed by atoms with Crippen LogP contribution in [0.4, 0.5) is 28.7 Å². The first-order chi connectivity index (χ1) is 12.4. The minimum atomic E-state index is 0.0260. The molecule has 0 saturated carbocycles. The maximum absolute atomic E-state index is 11.4. The minimum absolute atomic E-state index is 0.0260. The molecule has 3 aromatic rings. The van der Waals surface area contributed by atoms with Gasteiger partial charge in [-0.1, -0.05) is 17.7 Å². The van der Waals surface area contributed by atoms with Gasteiger partial charge in [0.2, 0.25) is 0 Å².